The SMILES string of the molecule is Nc1ccc(F)c(S(=O)(=O)NCCSC(F)(F)F)c1. The predicted octanol–water partition coefficient (Wildman–Crippen LogP) is 1.94. The molecule has 19 heavy (non-hydrogen) atoms. The maximum absolute atomic E-state index is 13.3. The van der Waals surface area contributed by atoms with Gasteiger partial charge in [0.05, 0.1) is 0 Å². The van der Waals surface area contributed by atoms with Crippen LogP contribution in [0.2, 0.25) is 0 Å². The minimum absolute atomic E-state index is 0.0337. The lowest BCUT2D eigenvalue weighted by molar-refractivity contribution is -0.0327. The van der Waals surface area contributed by atoms with Crippen molar-refractivity contribution in [3.05, 3.63) is 24.0 Å². The average molecular weight is 318 g/mol. The number of thioether (sulfide) groups is 1. The van der Waals surface area contributed by atoms with Crippen molar-refractivity contribution in [1.29, 1.82) is 0 Å². The predicted molar refractivity (Wildman–Crippen MR) is 64.5 cm³/mol. The Morgan fingerprint density at radius 3 is 2.53 bits per heavy atom. The molecule has 1 aromatic carbocycles. The monoisotopic (exact) mass is 318 g/mol. The fourth-order valence-electron chi connectivity index (χ4n) is 1.15. The van der Waals surface area contributed by atoms with E-state index in [9.17, 15) is 26.0 Å². The Morgan fingerprint density at radius 2 is 1.95 bits per heavy atom. The second-order valence-corrected chi connectivity index (χ2v) is 6.28. The van der Waals surface area contributed by atoms with Gasteiger partial charge in [-0.1, -0.05) is 0 Å². The Morgan fingerprint density at radius 1 is 1.32 bits per heavy atom. The minimum Gasteiger partial charge on any atom is -0.399 e. The summed E-state index contributed by atoms with van der Waals surface area (Å²) >= 11 is -0.369. The summed E-state index contributed by atoms with van der Waals surface area (Å²) in [6.45, 7) is -0.471. The molecule has 0 spiro atoms. The number of nitrogens with two attached hydrogens (primary N) is 1. The zero-order valence-electron chi connectivity index (χ0n) is 9.37. The molecule has 0 saturated heterocycles. The summed E-state index contributed by atoms with van der Waals surface area (Å²) in [6, 6.07) is 2.94. The van der Waals surface area contributed by atoms with E-state index in [1.807, 2.05) is 4.72 Å². The number of benzene rings is 1. The van der Waals surface area contributed by atoms with Gasteiger partial charge in [0, 0.05) is 18.0 Å². The third kappa shape index (κ3) is 5.25. The molecule has 108 valence electrons. The van der Waals surface area contributed by atoms with Crippen molar-refractivity contribution in [3.8, 4) is 0 Å². The van der Waals surface area contributed by atoms with Crippen molar-refractivity contribution in [2.75, 3.05) is 18.0 Å². The maximum Gasteiger partial charge on any atom is 0.441 e. The van der Waals surface area contributed by atoms with Crippen molar-refractivity contribution in [1.82, 2.24) is 4.72 Å². The quantitative estimate of drug-likeness (QED) is 0.494. The number of hydrogen-bond donors (Lipinski definition) is 2. The normalized spacial score (nSPS) is 12.6. The van der Waals surface area contributed by atoms with Crippen molar-refractivity contribution in [2.45, 2.75) is 10.4 Å². The van der Waals surface area contributed by atoms with Gasteiger partial charge in [0.2, 0.25) is 10.0 Å². The topological polar surface area (TPSA) is 72.2 Å². The van der Waals surface area contributed by atoms with Gasteiger partial charge in [0.25, 0.3) is 0 Å². The number of hydrogen-bond acceptors (Lipinski definition) is 4. The van der Waals surface area contributed by atoms with Crippen LogP contribution in [0, 0.1) is 5.82 Å². The van der Waals surface area contributed by atoms with Crippen molar-refractivity contribution in [2.24, 2.45) is 0 Å². The summed E-state index contributed by atoms with van der Waals surface area (Å²) in [6.07, 6.45) is 0. The molecule has 0 aliphatic carbocycles. The molecule has 0 aliphatic heterocycles. The van der Waals surface area contributed by atoms with Gasteiger partial charge in [-0.3, -0.25) is 0 Å². The van der Waals surface area contributed by atoms with E-state index in [2.05, 4.69) is 0 Å². The molecule has 0 saturated carbocycles. The Labute approximate surface area is 111 Å². The van der Waals surface area contributed by atoms with E-state index < -0.39 is 38.5 Å². The fourth-order valence-corrected chi connectivity index (χ4v) is 2.85. The van der Waals surface area contributed by atoms with Gasteiger partial charge >= 0.3 is 5.51 Å². The Balaban J connectivity index is 2.69. The van der Waals surface area contributed by atoms with Crippen LogP contribution in [0.5, 0.6) is 0 Å². The number of sulfonamides is 1. The molecule has 4 nitrogen and oxygen atoms in total. The van der Waals surface area contributed by atoms with E-state index in [4.69, 9.17) is 5.73 Å². The molecule has 1 aromatic rings. The molecule has 0 heterocycles. The molecule has 0 aliphatic rings. The van der Waals surface area contributed by atoms with Gasteiger partial charge in [-0.2, -0.15) is 13.2 Å². The lowest BCUT2D eigenvalue weighted by atomic mass is 10.3. The molecule has 0 amide bonds. The van der Waals surface area contributed by atoms with Gasteiger partial charge in [-0.25, -0.2) is 17.5 Å². The fraction of sp³-hybridized carbons (Fsp3) is 0.333. The molecule has 3 N–H and O–H groups in total. The molecule has 0 atom stereocenters. The van der Waals surface area contributed by atoms with Crippen LogP contribution in [0.4, 0.5) is 23.2 Å². The summed E-state index contributed by atoms with van der Waals surface area (Å²) in [5, 5.41) is 0. The summed E-state index contributed by atoms with van der Waals surface area (Å²) in [5.41, 5.74) is 0.921. The van der Waals surface area contributed by atoms with E-state index in [-0.39, 0.29) is 17.4 Å². The number of nitrogen functional groups attached to an aromatic ring is 1. The summed E-state index contributed by atoms with van der Waals surface area (Å²) in [4.78, 5) is -0.690. The number of rotatable bonds is 5. The molecule has 0 fully saturated rings. The molecule has 0 aromatic heterocycles. The number of halogens is 4. The second-order valence-electron chi connectivity index (χ2n) is 3.38. The van der Waals surface area contributed by atoms with Crippen molar-refractivity contribution < 1.29 is 26.0 Å². The van der Waals surface area contributed by atoms with Gasteiger partial charge < -0.3 is 5.73 Å². The first-order valence-electron chi connectivity index (χ1n) is 4.87. The zero-order chi connectivity index (χ0) is 14.7. The van der Waals surface area contributed by atoms with E-state index in [0.717, 1.165) is 12.1 Å². The number of alkyl halides is 3. The van der Waals surface area contributed by atoms with Crippen LogP contribution >= 0.6 is 11.8 Å². The zero-order valence-corrected chi connectivity index (χ0v) is 11.0. The molecular formula is C9H10F4N2O2S2. The Bertz CT molecular complexity index is 546. The van der Waals surface area contributed by atoms with Crippen LogP contribution in [-0.2, 0) is 10.0 Å². The van der Waals surface area contributed by atoms with Crippen LogP contribution < -0.4 is 10.5 Å². The van der Waals surface area contributed by atoms with E-state index >= 15 is 0 Å². The molecule has 0 unspecified atom stereocenters. The van der Waals surface area contributed by atoms with E-state index in [0.29, 0.717) is 0 Å². The minimum atomic E-state index is -4.44. The average Bonchev–Trinajstić information content (AvgIpc) is 2.26. The highest BCUT2D eigenvalue weighted by Crippen LogP contribution is 2.29. The van der Waals surface area contributed by atoms with E-state index in [1.54, 1.807) is 0 Å². The van der Waals surface area contributed by atoms with Gasteiger partial charge in [0.1, 0.15) is 10.7 Å². The first-order valence-corrected chi connectivity index (χ1v) is 7.34. The first-order chi connectivity index (χ1) is 8.62. The lowest BCUT2D eigenvalue weighted by Crippen LogP contribution is -2.27. The molecule has 1 rings (SSSR count). The summed E-state index contributed by atoms with van der Waals surface area (Å²) in [5.74, 6) is -1.53. The Kier molecular flexibility index (Phi) is 5.04. The lowest BCUT2D eigenvalue weighted by Gasteiger charge is -2.09. The largest absolute Gasteiger partial charge is 0.441 e. The third-order valence-electron chi connectivity index (χ3n) is 1.90. The summed E-state index contributed by atoms with van der Waals surface area (Å²) < 4.78 is 73.9. The van der Waals surface area contributed by atoms with Gasteiger partial charge in [-0.15, -0.1) is 0 Å². The molecule has 0 radical (unpaired) electrons. The molecule has 0 bridgehead atoms. The highest BCUT2D eigenvalue weighted by atomic mass is 32.2. The molecule has 10 heteroatoms. The van der Waals surface area contributed by atoms with Crippen LogP contribution in [0.15, 0.2) is 23.1 Å². The first kappa shape index (κ1) is 16.1. The highest BCUT2D eigenvalue weighted by molar-refractivity contribution is 8.00. The maximum atomic E-state index is 13.3. The second kappa shape index (κ2) is 5.97. The van der Waals surface area contributed by atoms with Crippen LogP contribution in [-0.4, -0.2) is 26.2 Å². The van der Waals surface area contributed by atoms with Crippen molar-refractivity contribution >= 4 is 27.5 Å². The molecular weight excluding hydrogens is 308 g/mol. The van der Waals surface area contributed by atoms with Gasteiger partial charge in [-0.05, 0) is 30.0 Å². The highest BCUT2D eigenvalue weighted by Gasteiger charge is 2.28. The van der Waals surface area contributed by atoms with Crippen LogP contribution in [0.1, 0.15) is 0 Å². The van der Waals surface area contributed by atoms with E-state index in [1.165, 1.54) is 6.07 Å². The number of nitrogens with one attached hydrogen (secondary N) is 1. The van der Waals surface area contributed by atoms with Gasteiger partial charge in [0.15, 0.2) is 0 Å². The van der Waals surface area contributed by atoms with Crippen LogP contribution in [0.25, 0.3) is 0 Å². The smallest absolute Gasteiger partial charge is 0.399 e. The van der Waals surface area contributed by atoms with Crippen LogP contribution in [0.3, 0.4) is 0 Å². The standard InChI is InChI=1S/C9H10F4N2O2S2/c10-7-2-1-6(14)5-8(7)19(16,17)15-3-4-18-9(11,12)13/h1-2,5,15H,3-4,14H2. The third-order valence-corrected chi connectivity index (χ3v) is 4.12. The number of anilines is 1. The Hall–Kier alpha value is -1.00. The van der Waals surface area contributed by atoms with Crippen molar-refractivity contribution in [3.63, 3.8) is 0 Å². The summed E-state index contributed by atoms with van der Waals surface area (Å²) in [7, 11) is -4.22.